The van der Waals surface area contributed by atoms with E-state index in [2.05, 4.69) is 4.98 Å². The van der Waals surface area contributed by atoms with E-state index in [0.29, 0.717) is 17.0 Å². The minimum absolute atomic E-state index is 0.301. The van der Waals surface area contributed by atoms with Gasteiger partial charge in [-0.05, 0) is 34.9 Å². The average molecular weight is 466 g/mol. The van der Waals surface area contributed by atoms with E-state index in [1.54, 1.807) is 36.5 Å². The molecule has 0 amide bonds. The van der Waals surface area contributed by atoms with Crippen molar-refractivity contribution in [1.29, 1.82) is 0 Å². The number of rotatable bonds is 5. The molecule has 2 aromatic carbocycles. The van der Waals surface area contributed by atoms with Crippen molar-refractivity contribution >= 4 is 22.9 Å². The highest BCUT2D eigenvalue weighted by Crippen LogP contribution is 2.35. The van der Waals surface area contributed by atoms with Gasteiger partial charge in [-0.1, -0.05) is 35.9 Å². The van der Waals surface area contributed by atoms with Gasteiger partial charge in [0.25, 0.3) is 0 Å². The Hall–Kier alpha value is -1.91. The van der Waals surface area contributed by atoms with Crippen LogP contribution in [0.5, 0.6) is 0 Å². The molecule has 0 spiro atoms. The predicted octanol–water partition coefficient (Wildman–Crippen LogP) is 2.71. The van der Waals surface area contributed by atoms with E-state index in [1.807, 2.05) is 0 Å². The summed E-state index contributed by atoms with van der Waals surface area (Å²) in [5.74, 6) is -0.301. The molecular formula is C22H21ClFNO5S. The van der Waals surface area contributed by atoms with Crippen LogP contribution in [0, 0.1) is 5.82 Å². The number of ether oxygens (including phenoxy) is 1. The van der Waals surface area contributed by atoms with E-state index >= 15 is 0 Å². The van der Waals surface area contributed by atoms with Crippen molar-refractivity contribution in [3.63, 3.8) is 0 Å². The number of halogens is 2. The summed E-state index contributed by atoms with van der Waals surface area (Å²) >= 11 is 7.84. The molecule has 2 heterocycles. The van der Waals surface area contributed by atoms with Gasteiger partial charge in [-0.2, -0.15) is 0 Å². The molecule has 0 radical (unpaired) electrons. The lowest BCUT2D eigenvalue weighted by molar-refractivity contribution is -0.231. The van der Waals surface area contributed by atoms with Crippen molar-refractivity contribution < 1.29 is 29.6 Å². The Morgan fingerprint density at radius 3 is 2.48 bits per heavy atom. The van der Waals surface area contributed by atoms with Crippen LogP contribution in [-0.2, 0) is 11.2 Å². The third-order valence-electron chi connectivity index (χ3n) is 5.31. The molecule has 4 N–H and O–H groups in total. The second kappa shape index (κ2) is 9.30. The van der Waals surface area contributed by atoms with Gasteiger partial charge in [-0.25, -0.2) is 9.37 Å². The number of thiazole rings is 1. The third kappa shape index (κ3) is 4.65. The van der Waals surface area contributed by atoms with Gasteiger partial charge < -0.3 is 25.2 Å². The van der Waals surface area contributed by atoms with Crippen molar-refractivity contribution in [2.75, 3.05) is 6.61 Å². The maximum Gasteiger partial charge on any atom is 0.123 e. The van der Waals surface area contributed by atoms with Crippen molar-refractivity contribution in [2.45, 2.75) is 36.9 Å². The first-order valence-corrected chi connectivity index (χ1v) is 10.9. The number of aliphatic hydroxyl groups excluding tert-OH is 4. The largest absolute Gasteiger partial charge is 0.394 e. The molecule has 1 aromatic heterocycles. The van der Waals surface area contributed by atoms with E-state index in [1.165, 1.54) is 23.5 Å². The molecule has 5 atom stereocenters. The highest BCUT2D eigenvalue weighted by atomic mass is 35.5. The average Bonchev–Trinajstić information content (AvgIpc) is 3.23. The fourth-order valence-electron chi connectivity index (χ4n) is 3.59. The van der Waals surface area contributed by atoms with Gasteiger partial charge >= 0.3 is 0 Å². The molecule has 1 fully saturated rings. The van der Waals surface area contributed by atoms with Crippen LogP contribution in [0.15, 0.2) is 48.7 Å². The van der Waals surface area contributed by atoms with Crippen LogP contribution < -0.4 is 0 Å². The topological polar surface area (TPSA) is 103 Å². The van der Waals surface area contributed by atoms with Gasteiger partial charge in [0, 0.05) is 17.6 Å². The van der Waals surface area contributed by atoms with Crippen molar-refractivity contribution in [3.05, 3.63) is 75.6 Å². The lowest BCUT2D eigenvalue weighted by Gasteiger charge is -2.40. The quantitative estimate of drug-likeness (QED) is 0.462. The van der Waals surface area contributed by atoms with Crippen LogP contribution in [0.4, 0.5) is 4.39 Å². The number of benzene rings is 2. The van der Waals surface area contributed by atoms with E-state index < -0.39 is 37.1 Å². The van der Waals surface area contributed by atoms with Crippen LogP contribution in [0.2, 0.25) is 5.02 Å². The number of aromatic nitrogens is 1. The predicted molar refractivity (Wildman–Crippen MR) is 114 cm³/mol. The monoisotopic (exact) mass is 465 g/mol. The second-order valence-corrected chi connectivity index (χ2v) is 8.92. The second-order valence-electron chi connectivity index (χ2n) is 7.40. The lowest BCUT2D eigenvalue weighted by Crippen LogP contribution is -2.55. The van der Waals surface area contributed by atoms with Crippen molar-refractivity contribution in [1.82, 2.24) is 4.98 Å². The van der Waals surface area contributed by atoms with Gasteiger partial charge in [0.15, 0.2) is 0 Å². The number of nitrogens with zero attached hydrogens (tertiary/aromatic N) is 1. The highest BCUT2D eigenvalue weighted by molar-refractivity contribution is 7.15. The zero-order valence-electron chi connectivity index (χ0n) is 16.2. The van der Waals surface area contributed by atoms with Gasteiger partial charge in [-0.15, -0.1) is 11.3 Å². The first-order valence-electron chi connectivity index (χ1n) is 9.67. The number of aliphatic hydroxyl groups is 4. The minimum atomic E-state index is -1.45. The maximum atomic E-state index is 13.2. The number of hydrogen-bond donors (Lipinski definition) is 4. The van der Waals surface area contributed by atoms with E-state index in [9.17, 15) is 24.8 Å². The summed E-state index contributed by atoms with van der Waals surface area (Å²) in [5, 5.41) is 41.2. The van der Waals surface area contributed by atoms with Gasteiger partial charge in [0.2, 0.25) is 0 Å². The summed E-state index contributed by atoms with van der Waals surface area (Å²) < 4.78 is 18.8. The van der Waals surface area contributed by atoms with Crippen LogP contribution in [0.25, 0.3) is 10.4 Å². The van der Waals surface area contributed by atoms with Crippen molar-refractivity contribution in [2.24, 2.45) is 0 Å². The van der Waals surface area contributed by atoms with Crippen LogP contribution in [0.1, 0.15) is 22.2 Å². The molecule has 1 saturated heterocycles. The van der Waals surface area contributed by atoms with Gasteiger partial charge in [0.05, 0.1) is 16.5 Å². The molecule has 0 unspecified atom stereocenters. The summed E-state index contributed by atoms with van der Waals surface area (Å²) in [7, 11) is 0. The summed E-state index contributed by atoms with van der Waals surface area (Å²) in [6.07, 6.45) is -4.00. The fourth-order valence-corrected chi connectivity index (χ4v) is 4.72. The molecule has 0 aliphatic carbocycles. The summed E-state index contributed by atoms with van der Waals surface area (Å²) in [4.78, 5) is 5.33. The molecular weight excluding hydrogens is 445 g/mol. The molecule has 1 aliphatic rings. The molecule has 6 nitrogen and oxygen atoms in total. The first kappa shape index (κ1) is 22.3. The van der Waals surface area contributed by atoms with E-state index in [0.717, 1.165) is 21.0 Å². The Bertz CT molecular complexity index is 1040. The Labute approximate surface area is 187 Å². The van der Waals surface area contributed by atoms with Crippen LogP contribution in [0.3, 0.4) is 0 Å². The minimum Gasteiger partial charge on any atom is -0.394 e. The standard InChI is InChI=1S/C22H21ClFNO5S/c23-15-6-3-12(22-21(29)20(28)19(27)16(10-26)30-22)7-13(15)8-18-25-9-17(31-18)11-1-4-14(24)5-2-11/h1-7,9,16,19-22,26-29H,8,10H2/t16-,19-,20+,21-,22+/m1/s1. The maximum absolute atomic E-state index is 13.2. The Morgan fingerprint density at radius 1 is 1.03 bits per heavy atom. The van der Waals surface area contributed by atoms with Gasteiger partial charge in [0.1, 0.15) is 36.3 Å². The summed E-state index contributed by atoms with van der Waals surface area (Å²) in [5.41, 5.74) is 2.18. The van der Waals surface area contributed by atoms with E-state index in [-0.39, 0.29) is 5.82 Å². The summed E-state index contributed by atoms with van der Waals surface area (Å²) in [6, 6.07) is 11.3. The fraction of sp³-hybridized carbons (Fsp3) is 0.318. The normalized spacial score (nSPS) is 26.2. The van der Waals surface area contributed by atoms with Gasteiger partial charge in [-0.3, -0.25) is 0 Å². The molecule has 4 rings (SSSR count). The first-order chi connectivity index (χ1) is 14.9. The summed E-state index contributed by atoms with van der Waals surface area (Å²) in [6.45, 7) is -0.493. The third-order valence-corrected chi connectivity index (χ3v) is 6.73. The van der Waals surface area contributed by atoms with Crippen LogP contribution in [-0.4, -0.2) is 56.4 Å². The molecule has 1 aliphatic heterocycles. The lowest BCUT2D eigenvalue weighted by atomic mass is 9.90. The molecule has 164 valence electrons. The Morgan fingerprint density at radius 2 is 1.77 bits per heavy atom. The zero-order valence-corrected chi connectivity index (χ0v) is 17.8. The molecule has 0 bridgehead atoms. The van der Waals surface area contributed by atoms with E-state index in [4.69, 9.17) is 16.3 Å². The Kier molecular flexibility index (Phi) is 6.68. The Balaban J connectivity index is 1.57. The molecule has 9 heteroatoms. The molecule has 0 saturated carbocycles. The van der Waals surface area contributed by atoms with Crippen LogP contribution >= 0.6 is 22.9 Å². The smallest absolute Gasteiger partial charge is 0.123 e. The zero-order chi connectivity index (χ0) is 22.1. The SMILES string of the molecule is OC[C@H]1O[C@@H](c2ccc(Cl)c(Cc3ncc(-c4ccc(F)cc4)s3)c2)[C@H](O)[C@@H](O)[C@@H]1O. The molecule has 3 aromatic rings. The van der Waals surface area contributed by atoms with Crippen molar-refractivity contribution in [3.8, 4) is 10.4 Å². The molecule has 31 heavy (non-hydrogen) atoms. The highest BCUT2D eigenvalue weighted by Gasteiger charge is 2.44. The number of hydrogen-bond acceptors (Lipinski definition) is 7.